The van der Waals surface area contributed by atoms with E-state index in [1.54, 1.807) is 24.3 Å². The summed E-state index contributed by atoms with van der Waals surface area (Å²) in [5.74, 6) is 4.70. The molecule has 0 saturated carbocycles. The number of carbonyl (C=O) groups excluding carboxylic acids is 1. The Morgan fingerprint density at radius 1 is 1.14 bits per heavy atom. The predicted molar refractivity (Wildman–Crippen MR) is 78.4 cm³/mol. The standard InChI is InChI=1S/C15H9N2O3.Al/c18-10-17-14-3-1-2-11(7-14)4-5-12-6-13(15(19)20)9-16-8-12;/h1-3,6-9H,(H,17,18)(H,19,20);. The summed E-state index contributed by atoms with van der Waals surface area (Å²) in [7, 11) is 0. The molecule has 5 nitrogen and oxygen atoms in total. The van der Waals surface area contributed by atoms with Gasteiger partial charge in [-0.1, -0.05) is 17.9 Å². The minimum Gasteiger partial charge on any atom is -0.478 e. The molecule has 1 amide bonds. The lowest BCUT2D eigenvalue weighted by Crippen LogP contribution is -2.07. The number of amides is 1. The smallest absolute Gasteiger partial charge is 0.337 e. The number of hydrogen-bond acceptors (Lipinski definition) is 3. The summed E-state index contributed by atoms with van der Waals surface area (Å²) in [6, 6.07) is 8.49. The van der Waals surface area contributed by atoms with Crippen LogP contribution in [0.15, 0.2) is 42.7 Å². The number of anilines is 1. The Balaban J connectivity index is 2.24. The molecule has 0 bridgehead atoms. The topological polar surface area (TPSA) is 79.3 Å². The Labute approximate surface area is 129 Å². The van der Waals surface area contributed by atoms with Gasteiger partial charge in [-0.25, -0.2) is 4.79 Å². The van der Waals surface area contributed by atoms with E-state index < -0.39 is 5.97 Å². The van der Waals surface area contributed by atoms with Gasteiger partial charge in [-0.3, -0.25) is 4.98 Å². The summed E-state index contributed by atoms with van der Waals surface area (Å²) in [6.07, 6.45) is 2.76. The van der Waals surface area contributed by atoms with Crippen molar-refractivity contribution in [3.05, 3.63) is 59.4 Å². The number of nitrogens with one attached hydrogen (secondary N) is 1. The molecule has 1 aromatic carbocycles. The van der Waals surface area contributed by atoms with Crippen molar-refractivity contribution in [3.63, 3.8) is 0 Å². The Morgan fingerprint density at radius 3 is 2.62 bits per heavy atom. The maximum absolute atomic E-state index is 11.0. The number of carboxylic acid groups (broad SMARTS) is 1. The largest absolute Gasteiger partial charge is 0.478 e. The van der Waals surface area contributed by atoms with Gasteiger partial charge in [0.15, 0.2) is 0 Å². The van der Waals surface area contributed by atoms with Gasteiger partial charge >= 0.3 is 5.97 Å². The highest BCUT2D eigenvalue weighted by Gasteiger charge is 2.02. The van der Waals surface area contributed by atoms with Crippen LogP contribution in [0.25, 0.3) is 0 Å². The van der Waals surface area contributed by atoms with E-state index in [-0.39, 0.29) is 10.3 Å². The average Bonchev–Trinajstić information content (AvgIpc) is 2.45. The van der Waals surface area contributed by atoms with Crippen molar-refractivity contribution in [2.75, 3.05) is 5.32 Å². The first-order valence-corrected chi connectivity index (χ1v) is 6.49. The Kier molecular flexibility index (Phi) is 4.73. The zero-order valence-electron chi connectivity index (χ0n) is 10.8. The van der Waals surface area contributed by atoms with Gasteiger partial charge in [0, 0.05) is 29.2 Å². The molecule has 0 atom stereocenters. The van der Waals surface area contributed by atoms with E-state index in [2.05, 4.69) is 22.1 Å². The monoisotopic (exact) mass is 292 g/mol. The summed E-state index contributed by atoms with van der Waals surface area (Å²) < 4.78 is -0.238. The van der Waals surface area contributed by atoms with Gasteiger partial charge in [0.05, 0.1) is 5.56 Å². The van der Waals surface area contributed by atoms with E-state index >= 15 is 0 Å². The summed E-state index contributed by atoms with van der Waals surface area (Å²) in [6.45, 7) is 0. The van der Waals surface area contributed by atoms with Crippen LogP contribution >= 0.6 is 0 Å². The molecular formula is C15H9AlN2O3. The van der Waals surface area contributed by atoms with E-state index in [0.717, 1.165) is 0 Å². The van der Waals surface area contributed by atoms with Crippen molar-refractivity contribution in [1.29, 1.82) is 0 Å². The molecule has 0 spiro atoms. The lowest BCUT2D eigenvalue weighted by Gasteiger charge is -2.02. The van der Waals surface area contributed by atoms with Gasteiger partial charge in [-0.2, -0.15) is 0 Å². The third kappa shape index (κ3) is 4.47. The number of rotatable bonds is 2. The zero-order valence-corrected chi connectivity index (χ0v) is 12.0. The zero-order chi connectivity index (χ0) is 15.2. The highest BCUT2D eigenvalue weighted by Crippen LogP contribution is 2.10. The molecule has 2 N–H and O–H groups in total. The van der Waals surface area contributed by atoms with Crippen LogP contribution in [0.1, 0.15) is 21.5 Å². The van der Waals surface area contributed by atoms with Crippen LogP contribution in [0.2, 0.25) is 0 Å². The van der Waals surface area contributed by atoms with Crippen LogP contribution in [-0.4, -0.2) is 37.1 Å². The minimum atomic E-state index is -1.05. The number of carbonyl (C=O) groups is 2. The fourth-order valence-electron chi connectivity index (χ4n) is 1.59. The number of hydrogen-bond donors (Lipinski definition) is 2. The van der Waals surface area contributed by atoms with E-state index in [4.69, 9.17) is 5.11 Å². The minimum absolute atomic E-state index is 0.0887. The third-order valence-corrected chi connectivity index (χ3v) is 2.61. The van der Waals surface area contributed by atoms with Crippen molar-refractivity contribution in [3.8, 4) is 11.8 Å². The molecule has 2 rings (SSSR count). The number of nitrogens with zero attached hydrogens (tertiary/aromatic N) is 1. The number of aromatic nitrogens is 1. The molecule has 2 aromatic rings. The first kappa shape index (κ1) is 14.8. The maximum atomic E-state index is 11.0. The molecule has 1 heterocycles. The predicted octanol–water partition coefficient (Wildman–Crippen LogP) is 1.88. The van der Waals surface area contributed by atoms with Gasteiger partial charge in [0.1, 0.15) is 4.77 Å². The van der Waals surface area contributed by atoms with E-state index in [9.17, 15) is 9.59 Å². The average molecular weight is 292 g/mol. The van der Waals surface area contributed by atoms with Crippen molar-refractivity contribution in [2.24, 2.45) is 0 Å². The Bertz CT molecular complexity index is 763. The van der Waals surface area contributed by atoms with Gasteiger partial charge in [0.2, 0.25) is 0 Å². The second-order valence-corrected chi connectivity index (χ2v) is 4.61. The molecule has 0 fully saturated rings. The van der Waals surface area contributed by atoms with E-state index in [0.29, 0.717) is 16.8 Å². The second kappa shape index (κ2) is 6.72. The number of aromatic carboxylic acids is 1. The van der Waals surface area contributed by atoms with Gasteiger partial charge in [0.25, 0.3) is 16.3 Å². The number of pyridine rings is 1. The van der Waals surface area contributed by atoms with E-state index in [1.807, 2.05) is 16.3 Å². The van der Waals surface area contributed by atoms with Crippen LogP contribution in [0.3, 0.4) is 0 Å². The highest BCUT2D eigenvalue weighted by atomic mass is 27.0. The van der Waals surface area contributed by atoms with Crippen LogP contribution in [0, 0.1) is 11.8 Å². The fraction of sp³-hybridized carbons (Fsp3) is 0. The SMILES string of the molecule is O=[C]([Al])Nc1cccc(C#Cc2cncc(C(=O)O)c2)c1. The lowest BCUT2D eigenvalue weighted by atomic mass is 10.1. The third-order valence-electron chi connectivity index (χ3n) is 2.47. The summed E-state index contributed by atoms with van der Waals surface area (Å²) in [5, 5.41) is 11.5. The molecule has 21 heavy (non-hydrogen) atoms. The first-order chi connectivity index (χ1) is 10.0. The van der Waals surface area contributed by atoms with Crippen molar-refractivity contribution >= 4 is 32.7 Å². The van der Waals surface area contributed by atoms with Crippen molar-refractivity contribution in [2.45, 2.75) is 0 Å². The molecule has 0 aliphatic rings. The molecule has 0 aliphatic carbocycles. The molecule has 0 saturated heterocycles. The highest BCUT2D eigenvalue weighted by molar-refractivity contribution is 6.60. The summed E-state index contributed by atoms with van der Waals surface area (Å²) in [5.41, 5.74) is 1.94. The Hall–Kier alpha value is -2.60. The maximum Gasteiger partial charge on any atom is 0.337 e. The van der Waals surface area contributed by atoms with Gasteiger partial charge < -0.3 is 15.2 Å². The lowest BCUT2D eigenvalue weighted by molar-refractivity contribution is 0.0696. The number of carboxylic acids is 1. The summed E-state index contributed by atoms with van der Waals surface area (Å²) in [4.78, 5) is 25.6. The molecule has 1 aromatic heterocycles. The van der Waals surface area contributed by atoms with Crippen molar-refractivity contribution < 1.29 is 14.7 Å². The van der Waals surface area contributed by atoms with Crippen LogP contribution in [-0.2, 0) is 0 Å². The quantitative estimate of drug-likeness (QED) is 0.654. The molecule has 2 radical (unpaired) electrons. The van der Waals surface area contributed by atoms with Gasteiger partial charge in [-0.05, 0) is 24.3 Å². The van der Waals surface area contributed by atoms with Crippen molar-refractivity contribution in [1.82, 2.24) is 4.98 Å². The van der Waals surface area contributed by atoms with Crippen LogP contribution < -0.4 is 5.32 Å². The second-order valence-electron chi connectivity index (χ2n) is 4.09. The van der Waals surface area contributed by atoms with Crippen LogP contribution in [0.4, 0.5) is 10.5 Å². The first-order valence-electron chi connectivity index (χ1n) is 5.91. The molecule has 6 heteroatoms. The molecular weight excluding hydrogens is 283 g/mol. The van der Waals surface area contributed by atoms with E-state index in [1.165, 1.54) is 18.5 Å². The number of benzene rings is 1. The van der Waals surface area contributed by atoms with Crippen LogP contribution in [0.5, 0.6) is 0 Å². The van der Waals surface area contributed by atoms with Gasteiger partial charge in [-0.15, -0.1) is 0 Å². The molecule has 100 valence electrons. The normalized spacial score (nSPS) is 9.33. The Morgan fingerprint density at radius 2 is 1.90 bits per heavy atom. The molecule has 0 unspecified atom stereocenters. The fourth-order valence-corrected chi connectivity index (χ4v) is 1.75. The molecule has 0 aliphatic heterocycles. The summed E-state index contributed by atoms with van der Waals surface area (Å²) >= 11 is 2.03.